The number of rotatable bonds is 8. The molecule has 0 aliphatic carbocycles. The van der Waals surface area contributed by atoms with E-state index in [-0.39, 0.29) is 18.4 Å². The second-order valence-electron chi connectivity index (χ2n) is 9.49. The Bertz CT molecular complexity index is 1070. The molecule has 0 bridgehead atoms. The molecule has 0 spiro atoms. The van der Waals surface area contributed by atoms with Crippen LogP contribution in [0.3, 0.4) is 0 Å². The van der Waals surface area contributed by atoms with E-state index in [1.807, 2.05) is 32.0 Å². The van der Waals surface area contributed by atoms with Crippen molar-refractivity contribution >= 4 is 24.5 Å². The molecule has 0 radical (unpaired) electrons. The second-order valence-corrected chi connectivity index (χ2v) is 9.49. The van der Waals surface area contributed by atoms with E-state index in [0.717, 1.165) is 49.5 Å². The zero-order chi connectivity index (χ0) is 24.9. The van der Waals surface area contributed by atoms with Crippen LogP contribution in [0.25, 0.3) is 0 Å². The van der Waals surface area contributed by atoms with Gasteiger partial charge in [-0.05, 0) is 46.6 Å². The molecule has 1 atom stereocenters. The minimum atomic E-state index is -1.04. The number of morpholine rings is 1. The minimum absolute atomic E-state index is 0.135. The molecule has 9 heteroatoms. The van der Waals surface area contributed by atoms with Crippen molar-refractivity contribution in [2.75, 3.05) is 26.3 Å². The number of carbonyl (C=O) groups is 2. The number of hydrogen-bond acceptors (Lipinski definition) is 7. The third-order valence-corrected chi connectivity index (χ3v) is 6.58. The molecule has 4 rings (SSSR count). The number of hydrogen-bond donors (Lipinski definition) is 2. The average molecular weight is 480 g/mol. The van der Waals surface area contributed by atoms with Gasteiger partial charge in [0.05, 0.1) is 19.8 Å². The monoisotopic (exact) mass is 480 g/mol. The molecule has 35 heavy (non-hydrogen) atoms. The molecule has 2 N–H and O–H groups in total. The highest BCUT2D eigenvalue weighted by Gasteiger charge is 2.32. The van der Waals surface area contributed by atoms with Crippen molar-refractivity contribution in [3.8, 4) is 0 Å². The standard InChI is InChI=1S/C26H33BN2O6/c1-17(2)24(28-25(30)22-8-7-21-16-35-27(32)23(21)18(22)3)26(31)34-15-20-6-4-5-19(13-20)14-29-9-11-33-12-10-29/h4-8,13,17,24,32H,9-12,14-16H2,1-3H3,(H,28,30)/t24-/m0/s1. The summed E-state index contributed by atoms with van der Waals surface area (Å²) in [5.41, 5.74) is 4.61. The first kappa shape index (κ1) is 25.4. The summed E-state index contributed by atoms with van der Waals surface area (Å²) in [6.45, 7) is 10.1. The van der Waals surface area contributed by atoms with Crippen molar-refractivity contribution in [3.05, 3.63) is 64.2 Å². The summed E-state index contributed by atoms with van der Waals surface area (Å²) < 4.78 is 16.3. The Hall–Kier alpha value is -2.72. The largest absolute Gasteiger partial charge is 0.492 e. The third kappa shape index (κ3) is 6.11. The van der Waals surface area contributed by atoms with Crippen LogP contribution in [0, 0.1) is 12.8 Å². The van der Waals surface area contributed by atoms with Gasteiger partial charge in [0, 0.05) is 25.2 Å². The van der Waals surface area contributed by atoms with Crippen molar-refractivity contribution in [3.63, 3.8) is 0 Å². The maximum atomic E-state index is 13.0. The highest BCUT2D eigenvalue weighted by Crippen LogP contribution is 2.18. The number of amides is 1. The predicted octanol–water partition coefficient (Wildman–Crippen LogP) is 1.54. The van der Waals surface area contributed by atoms with Gasteiger partial charge >= 0.3 is 13.1 Å². The van der Waals surface area contributed by atoms with Crippen LogP contribution in [-0.4, -0.2) is 61.3 Å². The first-order chi connectivity index (χ1) is 16.8. The molecule has 1 fully saturated rings. The molecule has 2 aromatic rings. The number of benzene rings is 2. The molecule has 2 heterocycles. The van der Waals surface area contributed by atoms with Crippen molar-refractivity contribution in [1.82, 2.24) is 10.2 Å². The maximum absolute atomic E-state index is 13.0. The van der Waals surface area contributed by atoms with Crippen LogP contribution < -0.4 is 10.8 Å². The molecule has 0 unspecified atom stereocenters. The fourth-order valence-corrected chi connectivity index (χ4v) is 4.55. The highest BCUT2D eigenvalue weighted by molar-refractivity contribution is 6.62. The van der Waals surface area contributed by atoms with E-state index in [1.54, 1.807) is 19.1 Å². The molecule has 0 aromatic heterocycles. The highest BCUT2D eigenvalue weighted by atomic mass is 16.5. The number of fused-ring (bicyclic) bond motifs is 1. The lowest BCUT2D eigenvalue weighted by molar-refractivity contribution is -0.148. The fraction of sp³-hybridized carbons (Fsp3) is 0.462. The summed E-state index contributed by atoms with van der Waals surface area (Å²) in [6, 6.07) is 10.7. The van der Waals surface area contributed by atoms with Crippen LogP contribution in [0.2, 0.25) is 0 Å². The lowest BCUT2D eigenvalue weighted by Gasteiger charge is -2.26. The molecule has 2 aliphatic heterocycles. The number of nitrogens with one attached hydrogen (secondary N) is 1. The molecule has 186 valence electrons. The number of esters is 1. The Morgan fingerprint density at radius 3 is 2.66 bits per heavy atom. The SMILES string of the molecule is Cc1c(C(=O)N[C@H](C(=O)OCc2cccc(CN3CCOCC3)c2)C(C)C)ccc2c1B(O)OC2. The van der Waals surface area contributed by atoms with Crippen LogP contribution >= 0.6 is 0 Å². The lowest BCUT2D eigenvalue weighted by Crippen LogP contribution is -2.46. The normalized spacial score (nSPS) is 16.8. The van der Waals surface area contributed by atoms with E-state index in [2.05, 4.69) is 16.3 Å². The van der Waals surface area contributed by atoms with Gasteiger partial charge < -0.3 is 24.5 Å². The molecular formula is C26H33BN2O6. The first-order valence-electron chi connectivity index (χ1n) is 12.1. The van der Waals surface area contributed by atoms with E-state index < -0.39 is 19.1 Å². The van der Waals surface area contributed by atoms with Gasteiger partial charge in [0.25, 0.3) is 5.91 Å². The summed E-state index contributed by atoms with van der Waals surface area (Å²) in [4.78, 5) is 28.3. The van der Waals surface area contributed by atoms with Crippen LogP contribution in [0.15, 0.2) is 36.4 Å². The van der Waals surface area contributed by atoms with Gasteiger partial charge in [-0.1, -0.05) is 44.2 Å². The lowest BCUT2D eigenvalue weighted by atomic mass is 9.75. The van der Waals surface area contributed by atoms with Crippen molar-refractivity contribution in [1.29, 1.82) is 0 Å². The summed E-state index contributed by atoms with van der Waals surface area (Å²) >= 11 is 0. The summed E-state index contributed by atoms with van der Waals surface area (Å²) in [6.07, 6.45) is 0. The Morgan fingerprint density at radius 2 is 1.91 bits per heavy atom. The number of carbonyl (C=O) groups excluding carboxylic acids is 2. The van der Waals surface area contributed by atoms with Gasteiger partial charge in [-0.25, -0.2) is 4.79 Å². The minimum Gasteiger partial charge on any atom is -0.459 e. The van der Waals surface area contributed by atoms with E-state index in [0.29, 0.717) is 23.2 Å². The van der Waals surface area contributed by atoms with Gasteiger partial charge in [0.15, 0.2) is 0 Å². The fourth-order valence-electron chi connectivity index (χ4n) is 4.55. The summed E-state index contributed by atoms with van der Waals surface area (Å²) in [5.74, 6) is -1.02. The van der Waals surface area contributed by atoms with Gasteiger partial charge in [0.2, 0.25) is 0 Å². The van der Waals surface area contributed by atoms with E-state index in [4.69, 9.17) is 14.1 Å². The van der Waals surface area contributed by atoms with Crippen LogP contribution in [0.1, 0.15) is 46.5 Å². The molecule has 8 nitrogen and oxygen atoms in total. The predicted molar refractivity (Wildman–Crippen MR) is 132 cm³/mol. The average Bonchev–Trinajstić information content (AvgIpc) is 3.23. The van der Waals surface area contributed by atoms with E-state index in [1.165, 1.54) is 0 Å². The molecule has 0 saturated carbocycles. The Kier molecular flexibility index (Phi) is 8.23. The van der Waals surface area contributed by atoms with Gasteiger partial charge in [0.1, 0.15) is 12.6 Å². The van der Waals surface area contributed by atoms with Crippen molar-refractivity contribution in [2.45, 2.75) is 46.6 Å². The second kappa shape index (κ2) is 11.3. The topological polar surface area (TPSA) is 97.3 Å². The Balaban J connectivity index is 1.37. The Labute approximate surface area is 206 Å². The maximum Gasteiger partial charge on any atom is 0.492 e. The summed E-state index contributed by atoms with van der Waals surface area (Å²) in [5, 5.41) is 12.9. The smallest absolute Gasteiger partial charge is 0.459 e. The summed E-state index contributed by atoms with van der Waals surface area (Å²) in [7, 11) is -1.04. The van der Waals surface area contributed by atoms with Crippen molar-refractivity contribution < 1.29 is 28.7 Å². The number of ether oxygens (including phenoxy) is 2. The van der Waals surface area contributed by atoms with Crippen molar-refractivity contribution in [2.24, 2.45) is 5.92 Å². The zero-order valence-electron chi connectivity index (χ0n) is 20.6. The number of nitrogens with zero attached hydrogens (tertiary/aromatic N) is 1. The van der Waals surface area contributed by atoms with Crippen LogP contribution in [0.4, 0.5) is 0 Å². The van der Waals surface area contributed by atoms with Gasteiger partial charge in [-0.15, -0.1) is 0 Å². The zero-order valence-corrected chi connectivity index (χ0v) is 20.6. The third-order valence-electron chi connectivity index (χ3n) is 6.58. The van der Waals surface area contributed by atoms with Crippen LogP contribution in [0.5, 0.6) is 0 Å². The Morgan fingerprint density at radius 1 is 1.17 bits per heavy atom. The van der Waals surface area contributed by atoms with Crippen LogP contribution in [-0.2, 0) is 38.7 Å². The van der Waals surface area contributed by atoms with Gasteiger partial charge in [-0.2, -0.15) is 0 Å². The van der Waals surface area contributed by atoms with E-state index >= 15 is 0 Å². The molecule has 1 saturated heterocycles. The van der Waals surface area contributed by atoms with Gasteiger partial charge in [-0.3, -0.25) is 9.69 Å². The van der Waals surface area contributed by atoms with E-state index in [9.17, 15) is 14.6 Å². The molecule has 2 aromatic carbocycles. The molecule has 2 aliphatic rings. The molecular weight excluding hydrogens is 447 g/mol. The molecule has 1 amide bonds. The first-order valence-corrected chi connectivity index (χ1v) is 12.1. The quantitative estimate of drug-likeness (QED) is 0.437.